The number of piperazine rings is 1. The largest absolute Gasteiger partial charge is 0.477 e. The number of nitrogens with two attached hydrogens (primary N) is 1. The maximum atomic E-state index is 12.7. The van der Waals surface area contributed by atoms with E-state index in [0.717, 1.165) is 18.0 Å². The molecular weight excluding hydrogens is 543 g/mol. The molecule has 1 unspecified atom stereocenters. The van der Waals surface area contributed by atoms with Gasteiger partial charge in [-0.2, -0.15) is 0 Å². The molecule has 4 N–H and O–H groups in total. The van der Waals surface area contributed by atoms with Crippen molar-refractivity contribution in [1.82, 2.24) is 25.0 Å². The van der Waals surface area contributed by atoms with Gasteiger partial charge in [0.05, 0.1) is 12.1 Å². The number of thioether (sulfide) groups is 1. The quantitative estimate of drug-likeness (QED) is 0.405. The number of carboxylic acids is 1. The van der Waals surface area contributed by atoms with Crippen LogP contribution in [0.4, 0.5) is 9.93 Å². The molecule has 4 rings (SSSR count). The number of nitrogens with zero attached hydrogens (tertiary/aromatic N) is 4. The predicted molar refractivity (Wildman–Crippen MR) is 135 cm³/mol. The summed E-state index contributed by atoms with van der Waals surface area (Å²) in [6.07, 6.45) is -0.528. The summed E-state index contributed by atoms with van der Waals surface area (Å²) in [5.74, 6) is -1.92. The molecule has 0 radical (unpaired) electrons. The molecule has 16 heteroatoms. The van der Waals surface area contributed by atoms with Crippen molar-refractivity contribution < 1.29 is 29.0 Å². The fourth-order valence-electron chi connectivity index (χ4n) is 3.82. The van der Waals surface area contributed by atoms with Crippen LogP contribution in [0.1, 0.15) is 5.69 Å². The normalized spacial score (nSPS) is 21.8. The number of fused-ring (bicyclic) bond motifs is 1. The topological polar surface area (TPSA) is 158 Å². The van der Waals surface area contributed by atoms with E-state index in [4.69, 9.17) is 10.5 Å². The van der Waals surface area contributed by atoms with Crippen molar-refractivity contribution in [3.63, 3.8) is 0 Å². The first-order valence-corrected chi connectivity index (χ1v) is 12.2. The number of aromatic nitrogens is 1. The van der Waals surface area contributed by atoms with Crippen LogP contribution in [0.3, 0.4) is 0 Å². The van der Waals surface area contributed by atoms with E-state index in [1.54, 1.807) is 10.3 Å². The van der Waals surface area contributed by atoms with E-state index in [-0.39, 0.29) is 49.3 Å². The van der Waals surface area contributed by atoms with Gasteiger partial charge in [-0.25, -0.2) is 14.6 Å². The fraction of sp³-hybridized carbons (Fsp3) is 0.526. The van der Waals surface area contributed by atoms with Gasteiger partial charge >= 0.3 is 12.1 Å². The number of carbonyl (C=O) groups excluding carboxylic acids is 3. The molecular formula is C19H26Cl2N6O6S2. The van der Waals surface area contributed by atoms with Crippen molar-refractivity contribution >= 4 is 76.9 Å². The predicted octanol–water partition coefficient (Wildman–Crippen LogP) is 0.234. The minimum atomic E-state index is -1.28. The Morgan fingerprint density at radius 2 is 1.94 bits per heavy atom. The number of nitrogen functional groups attached to an aromatic ring is 1. The summed E-state index contributed by atoms with van der Waals surface area (Å²) in [7, 11) is 1.97. The van der Waals surface area contributed by atoms with Crippen LogP contribution in [0.2, 0.25) is 0 Å². The lowest BCUT2D eigenvalue weighted by Crippen LogP contribution is -2.70. The maximum Gasteiger partial charge on any atom is 0.410 e. The molecule has 2 fully saturated rings. The number of carbonyl (C=O) groups is 4. The van der Waals surface area contributed by atoms with Gasteiger partial charge in [0.2, 0.25) is 5.91 Å². The second-order valence-electron chi connectivity index (χ2n) is 7.91. The minimum Gasteiger partial charge on any atom is -0.477 e. The van der Waals surface area contributed by atoms with Crippen LogP contribution in [0.25, 0.3) is 0 Å². The van der Waals surface area contributed by atoms with Gasteiger partial charge in [0.1, 0.15) is 23.7 Å². The first-order valence-electron chi connectivity index (χ1n) is 10.2. The number of likely N-dealkylation sites (N-methyl/N-ethyl adjacent to an activating group) is 1. The van der Waals surface area contributed by atoms with Gasteiger partial charge in [0.15, 0.2) is 5.13 Å². The third kappa shape index (κ3) is 6.30. The molecule has 4 heterocycles. The zero-order chi connectivity index (χ0) is 23.7. The Kier molecular flexibility index (Phi) is 10.0. The van der Waals surface area contributed by atoms with E-state index in [1.165, 1.54) is 23.1 Å². The SMILES string of the molecule is CN1CCN(C(=O)OCC2=C(C(=O)O)N3C(=O)C(NC(=O)Cc4csc(N)n4)[C@@H]3SC2)CC1.Cl.Cl. The van der Waals surface area contributed by atoms with Crippen LogP contribution in [-0.2, 0) is 25.5 Å². The second kappa shape index (κ2) is 12.1. The number of nitrogens with one attached hydrogen (secondary N) is 1. The van der Waals surface area contributed by atoms with E-state index in [0.29, 0.717) is 29.5 Å². The molecule has 2 saturated heterocycles. The molecule has 35 heavy (non-hydrogen) atoms. The molecule has 0 bridgehead atoms. The standard InChI is InChI=1S/C19H24N6O6S2.2ClH/c1-23-2-4-24(5-3-23)19(30)31-7-10-8-32-16-13(15(27)25(16)14(10)17(28)29)22-12(26)6-11-9-33-18(20)21-11;;/h9,13,16H,2-8H2,1H3,(H2,20,21)(H,22,26)(H,28,29);2*1H/t13?,16-;;/m0../s1. The Morgan fingerprint density at radius 1 is 1.26 bits per heavy atom. The summed E-state index contributed by atoms with van der Waals surface area (Å²) in [5, 5.41) is 13.9. The highest BCUT2D eigenvalue weighted by molar-refractivity contribution is 8.00. The summed E-state index contributed by atoms with van der Waals surface area (Å²) >= 11 is 2.54. The number of ether oxygens (including phenoxy) is 1. The van der Waals surface area contributed by atoms with Gasteiger partial charge < -0.3 is 30.7 Å². The summed E-state index contributed by atoms with van der Waals surface area (Å²) in [6, 6.07) is -0.831. The molecule has 1 aromatic heterocycles. The molecule has 3 aliphatic heterocycles. The number of anilines is 1. The molecule has 12 nitrogen and oxygen atoms in total. The molecule has 0 saturated carbocycles. The molecule has 0 aliphatic carbocycles. The van der Waals surface area contributed by atoms with Crippen LogP contribution in [0.5, 0.6) is 0 Å². The molecule has 2 atom stereocenters. The number of thiazole rings is 1. The van der Waals surface area contributed by atoms with Crippen molar-refractivity contribution in [2.75, 3.05) is 51.3 Å². The molecule has 0 aromatic carbocycles. The van der Waals surface area contributed by atoms with Crippen molar-refractivity contribution in [3.05, 3.63) is 22.3 Å². The Balaban J connectivity index is 0.00000216. The number of aliphatic carboxylic acids is 1. The first kappa shape index (κ1) is 29.0. The monoisotopic (exact) mass is 568 g/mol. The maximum absolute atomic E-state index is 12.7. The Morgan fingerprint density at radius 3 is 2.54 bits per heavy atom. The average Bonchev–Trinajstić information content (AvgIpc) is 3.19. The third-order valence-electron chi connectivity index (χ3n) is 5.61. The van der Waals surface area contributed by atoms with Crippen LogP contribution in [0, 0.1) is 0 Å². The van der Waals surface area contributed by atoms with E-state index in [9.17, 15) is 24.3 Å². The van der Waals surface area contributed by atoms with E-state index in [1.807, 2.05) is 7.05 Å². The van der Waals surface area contributed by atoms with Crippen LogP contribution >= 0.6 is 47.9 Å². The number of halogens is 2. The summed E-state index contributed by atoms with van der Waals surface area (Å²) in [5.41, 5.74) is 6.23. The molecule has 0 spiro atoms. The summed E-state index contributed by atoms with van der Waals surface area (Å²) in [4.78, 5) is 58.2. The molecule has 3 aliphatic rings. The van der Waals surface area contributed by atoms with Crippen molar-refractivity contribution in [1.29, 1.82) is 0 Å². The lowest BCUT2D eigenvalue weighted by molar-refractivity contribution is -0.150. The Labute approximate surface area is 222 Å². The zero-order valence-corrected chi connectivity index (χ0v) is 21.9. The smallest absolute Gasteiger partial charge is 0.410 e. The van der Waals surface area contributed by atoms with Gasteiger partial charge in [-0.05, 0) is 7.05 Å². The minimum absolute atomic E-state index is 0. The number of carboxylic acid groups (broad SMARTS) is 1. The number of amides is 3. The molecule has 194 valence electrons. The molecule has 1 aromatic rings. The summed E-state index contributed by atoms with van der Waals surface area (Å²) < 4.78 is 5.35. The van der Waals surface area contributed by atoms with Gasteiger partial charge in [0.25, 0.3) is 5.91 Å². The van der Waals surface area contributed by atoms with Crippen LogP contribution < -0.4 is 11.1 Å². The number of hydrogen-bond acceptors (Lipinski definition) is 10. The highest BCUT2D eigenvalue weighted by atomic mass is 35.5. The second-order valence-corrected chi connectivity index (χ2v) is 9.91. The van der Waals surface area contributed by atoms with Gasteiger partial charge in [-0.1, -0.05) is 0 Å². The number of β-lactam (4-membered cyclic amide) rings is 1. The van der Waals surface area contributed by atoms with Crippen LogP contribution in [0.15, 0.2) is 16.7 Å². The fourth-order valence-corrected chi connectivity index (χ4v) is 5.71. The Hall–Kier alpha value is -2.26. The van der Waals surface area contributed by atoms with Crippen LogP contribution in [-0.4, -0.2) is 106 Å². The highest BCUT2D eigenvalue weighted by Gasteiger charge is 2.54. The highest BCUT2D eigenvalue weighted by Crippen LogP contribution is 2.40. The van der Waals surface area contributed by atoms with E-state index < -0.39 is 35.3 Å². The third-order valence-corrected chi connectivity index (χ3v) is 7.67. The summed E-state index contributed by atoms with van der Waals surface area (Å²) in [6.45, 7) is 2.34. The average molecular weight is 569 g/mol. The lowest BCUT2D eigenvalue weighted by Gasteiger charge is -2.49. The lowest BCUT2D eigenvalue weighted by atomic mass is 10.0. The van der Waals surface area contributed by atoms with Crippen molar-refractivity contribution in [3.8, 4) is 0 Å². The van der Waals surface area contributed by atoms with Gasteiger partial charge in [0, 0.05) is 42.9 Å². The van der Waals surface area contributed by atoms with E-state index in [2.05, 4.69) is 15.2 Å². The number of rotatable bonds is 6. The van der Waals surface area contributed by atoms with Crippen molar-refractivity contribution in [2.24, 2.45) is 0 Å². The zero-order valence-electron chi connectivity index (χ0n) is 18.7. The van der Waals surface area contributed by atoms with Gasteiger partial charge in [-0.3, -0.25) is 14.5 Å². The van der Waals surface area contributed by atoms with Crippen molar-refractivity contribution in [2.45, 2.75) is 17.8 Å². The van der Waals surface area contributed by atoms with Gasteiger partial charge in [-0.15, -0.1) is 47.9 Å². The van der Waals surface area contributed by atoms with E-state index >= 15 is 0 Å². The first-order chi connectivity index (χ1) is 15.7. The number of hydrogen-bond donors (Lipinski definition) is 3. The molecule has 3 amide bonds. The Bertz CT molecular complexity index is 1020.